The predicted molar refractivity (Wildman–Crippen MR) is 102 cm³/mol. The van der Waals surface area contributed by atoms with Crippen LogP contribution in [0.2, 0.25) is 5.02 Å². The summed E-state index contributed by atoms with van der Waals surface area (Å²) in [7, 11) is 0. The van der Waals surface area contributed by atoms with E-state index in [-0.39, 0.29) is 11.3 Å². The molecule has 1 saturated carbocycles. The summed E-state index contributed by atoms with van der Waals surface area (Å²) in [6.07, 6.45) is 7.31. The van der Waals surface area contributed by atoms with Crippen molar-refractivity contribution < 1.29 is 4.79 Å². The third-order valence-electron chi connectivity index (χ3n) is 4.98. The zero-order valence-corrected chi connectivity index (χ0v) is 15.1. The van der Waals surface area contributed by atoms with Gasteiger partial charge in [0, 0.05) is 30.5 Å². The first-order chi connectivity index (χ1) is 12.7. The zero-order chi connectivity index (χ0) is 18.0. The number of nitrogens with zero attached hydrogens (tertiary/aromatic N) is 2. The van der Waals surface area contributed by atoms with Crippen molar-refractivity contribution in [1.82, 2.24) is 14.9 Å². The first-order valence-electron chi connectivity index (χ1n) is 8.74. The summed E-state index contributed by atoms with van der Waals surface area (Å²) in [5, 5.41) is 3.79. The van der Waals surface area contributed by atoms with E-state index in [4.69, 9.17) is 11.6 Å². The normalized spacial score (nSPS) is 14.8. The number of carbonyl (C=O) groups excluding carboxylic acids is 1. The predicted octanol–water partition coefficient (Wildman–Crippen LogP) is 3.93. The number of imidazole rings is 1. The Labute approximate surface area is 157 Å². The van der Waals surface area contributed by atoms with Crippen LogP contribution in [0.5, 0.6) is 0 Å². The zero-order valence-electron chi connectivity index (χ0n) is 14.4. The van der Waals surface area contributed by atoms with Crippen molar-refractivity contribution in [2.45, 2.75) is 31.3 Å². The van der Waals surface area contributed by atoms with Crippen molar-refractivity contribution in [2.75, 3.05) is 0 Å². The van der Waals surface area contributed by atoms with E-state index in [2.05, 4.69) is 34.6 Å². The maximum absolute atomic E-state index is 12.7. The molecule has 3 aromatic rings. The van der Waals surface area contributed by atoms with Crippen LogP contribution in [0.25, 0.3) is 0 Å². The minimum absolute atomic E-state index is 0.0994. The molecule has 1 aliphatic rings. The van der Waals surface area contributed by atoms with Gasteiger partial charge in [-0.15, -0.1) is 0 Å². The van der Waals surface area contributed by atoms with Gasteiger partial charge in [-0.05, 0) is 41.7 Å². The van der Waals surface area contributed by atoms with Gasteiger partial charge in [-0.1, -0.05) is 48.0 Å². The van der Waals surface area contributed by atoms with E-state index in [9.17, 15) is 4.79 Å². The van der Waals surface area contributed by atoms with Crippen molar-refractivity contribution in [3.05, 3.63) is 89.0 Å². The van der Waals surface area contributed by atoms with Crippen LogP contribution < -0.4 is 5.32 Å². The number of amides is 1. The summed E-state index contributed by atoms with van der Waals surface area (Å²) < 4.78 is 2.03. The third-order valence-corrected chi connectivity index (χ3v) is 5.23. The lowest BCUT2D eigenvalue weighted by Gasteiger charge is -2.16. The van der Waals surface area contributed by atoms with E-state index < -0.39 is 0 Å². The van der Waals surface area contributed by atoms with Crippen molar-refractivity contribution in [3.8, 4) is 0 Å². The Morgan fingerprint density at radius 1 is 1.08 bits per heavy atom. The Bertz CT molecular complexity index is 882. The van der Waals surface area contributed by atoms with Crippen LogP contribution in [0.3, 0.4) is 0 Å². The highest BCUT2D eigenvalue weighted by atomic mass is 35.5. The Balaban J connectivity index is 1.36. The van der Waals surface area contributed by atoms with E-state index >= 15 is 0 Å². The lowest BCUT2D eigenvalue weighted by atomic mass is 9.95. The molecule has 26 heavy (non-hydrogen) atoms. The maximum atomic E-state index is 12.7. The average molecular weight is 366 g/mol. The van der Waals surface area contributed by atoms with Gasteiger partial charge in [-0.25, -0.2) is 4.98 Å². The van der Waals surface area contributed by atoms with Gasteiger partial charge in [0.25, 0.3) is 0 Å². The monoisotopic (exact) mass is 365 g/mol. The lowest BCUT2D eigenvalue weighted by Crippen LogP contribution is -2.34. The molecule has 132 valence electrons. The fourth-order valence-electron chi connectivity index (χ4n) is 3.25. The van der Waals surface area contributed by atoms with Crippen LogP contribution in [0.4, 0.5) is 0 Å². The highest BCUT2D eigenvalue weighted by Crippen LogP contribution is 2.48. The summed E-state index contributed by atoms with van der Waals surface area (Å²) in [5.41, 5.74) is 2.99. The topological polar surface area (TPSA) is 46.9 Å². The number of rotatable bonds is 6. The molecule has 0 saturated heterocycles. The molecule has 1 amide bonds. The smallest absolute Gasteiger partial charge is 0.230 e. The fraction of sp³-hybridized carbons (Fsp3) is 0.238. The largest absolute Gasteiger partial charge is 0.351 e. The van der Waals surface area contributed by atoms with Crippen molar-refractivity contribution in [3.63, 3.8) is 0 Å². The highest BCUT2D eigenvalue weighted by Gasteiger charge is 2.50. The van der Waals surface area contributed by atoms with Gasteiger partial charge < -0.3 is 9.88 Å². The molecule has 0 bridgehead atoms. The Morgan fingerprint density at radius 3 is 2.38 bits per heavy atom. The number of halogens is 1. The molecule has 0 unspecified atom stereocenters. The van der Waals surface area contributed by atoms with E-state index in [0.717, 1.165) is 30.5 Å². The molecule has 1 aliphatic carbocycles. The van der Waals surface area contributed by atoms with Crippen molar-refractivity contribution >= 4 is 17.5 Å². The molecule has 4 rings (SSSR count). The molecule has 1 fully saturated rings. The molecule has 0 aliphatic heterocycles. The minimum Gasteiger partial charge on any atom is -0.351 e. The van der Waals surface area contributed by atoms with Crippen molar-refractivity contribution in [2.24, 2.45) is 0 Å². The quantitative estimate of drug-likeness (QED) is 0.719. The van der Waals surface area contributed by atoms with E-state index in [1.807, 2.05) is 35.0 Å². The average Bonchev–Trinajstić information content (AvgIpc) is 3.32. The lowest BCUT2D eigenvalue weighted by molar-refractivity contribution is -0.123. The number of aromatic nitrogens is 2. The Kier molecular flexibility index (Phi) is 4.51. The van der Waals surface area contributed by atoms with Gasteiger partial charge >= 0.3 is 0 Å². The highest BCUT2D eigenvalue weighted by molar-refractivity contribution is 6.30. The molecule has 0 radical (unpaired) electrons. The standard InChI is InChI=1S/C21H20ClN3O/c22-19-7-5-18(6-8-19)21(9-10-21)20(26)24-13-16-1-3-17(4-2-16)14-25-12-11-23-15-25/h1-8,11-12,15H,9-10,13-14H2,(H,24,26). The van der Waals surface area contributed by atoms with Gasteiger partial charge in [-0.3, -0.25) is 4.79 Å². The molecular weight excluding hydrogens is 346 g/mol. The number of benzene rings is 2. The number of carbonyl (C=O) groups is 1. The van der Waals surface area contributed by atoms with Gasteiger partial charge in [0.05, 0.1) is 11.7 Å². The number of hydrogen-bond acceptors (Lipinski definition) is 2. The Hall–Kier alpha value is -2.59. The molecule has 0 atom stereocenters. The Morgan fingerprint density at radius 2 is 1.77 bits per heavy atom. The van der Waals surface area contributed by atoms with Gasteiger partial charge in [0.1, 0.15) is 0 Å². The van der Waals surface area contributed by atoms with Gasteiger partial charge in [-0.2, -0.15) is 0 Å². The SMILES string of the molecule is O=C(NCc1ccc(Cn2ccnc2)cc1)C1(c2ccc(Cl)cc2)CC1. The number of hydrogen-bond donors (Lipinski definition) is 1. The molecule has 5 heteroatoms. The molecular formula is C21H20ClN3O. The summed E-state index contributed by atoms with van der Waals surface area (Å²) in [4.78, 5) is 16.8. The second kappa shape index (κ2) is 6.96. The van der Waals surface area contributed by atoms with Crippen LogP contribution in [-0.2, 0) is 23.3 Å². The molecule has 1 aromatic heterocycles. The van der Waals surface area contributed by atoms with Crippen LogP contribution in [-0.4, -0.2) is 15.5 Å². The molecule has 2 aromatic carbocycles. The van der Waals surface area contributed by atoms with Gasteiger partial charge in [0.2, 0.25) is 5.91 Å². The molecule has 4 nitrogen and oxygen atoms in total. The van der Waals surface area contributed by atoms with Crippen LogP contribution in [0, 0.1) is 0 Å². The summed E-state index contributed by atoms with van der Waals surface area (Å²) in [6, 6.07) is 15.9. The molecule has 1 N–H and O–H groups in total. The molecule has 0 spiro atoms. The minimum atomic E-state index is -0.369. The van der Waals surface area contributed by atoms with Gasteiger partial charge in [0.15, 0.2) is 0 Å². The van der Waals surface area contributed by atoms with Crippen LogP contribution in [0.15, 0.2) is 67.3 Å². The second-order valence-electron chi connectivity index (χ2n) is 6.82. The summed E-state index contributed by atoms with van der Waals surface area (Å²) in [5.74, 6) is 0.0994. The second-order valence-corrected chi connectivity index (χ2v) is 7.26. The number of nitrogens with one attached hydrogen (secondary N) is 1. The van der Waals surface area contributed by atoms with Crippen LogP contribution in [0.1, 0.15) is 29.5 Å². The summed E-state index contributed by atoms with van der Waals surface area (Å²) in [6.45, 7) is 1.34. The van der Waals surface area contributed by atoms with E-state index in [0.29, 0.717) is 11.6 Å². The first-order valence-corrected chi connectivity index (χ1v) is 9.11. The van der Waals surface area contributed by atoms with E-state index in [1.54, 1.807) is 12.5 Å². The first kappa shape index (κ1) is 16.9. The molecule has 1 heterocycles. The third kappa shape index (κ3) is 3.51. The van der Waals surface area contributed by atoms with Crippen molar-refractivity contribution in [1.29, 1.82) is 0 Å². The maximum Gasteiger partial charge on any atom is 0.230 e. The fourth-order valence-corrected chi connectivity index (χ4v) is 3.37. The van der Waals surface area contributed by atoms with E-state index in [1.165, 1.54) is 5.56 Å². The summed E-state index contributed by atoms with van der Waals surface area (Å²) >= 11 is 5.95. The van der Waals surface area contributed by atoms with Crippen LogP contribution >= 0.6 is 11.6 Å².